The monoisotopic (exact) mass is 270 g/mol. The smallest absolute Gasteiger partial charge is 0.0998 e. The standard InChI is InChI=1S/C16H22N4/c1-11-4-12-5-15(14(8-18)9-19-2)13(7-17)6-16(12)20(3)10-11/h5-6,9,11,19H,4,8,10,18H2,1-3H3/b14-9+. The van der Waals surface area contributed by atoms with Crippen molar-refractivity contribution in [1.29, 1.82) is 5.26 Å². The molecular formula is C16H22N4. The molecule has 1 aliphatic rings. The maximum atomic E-state index is 9.41. The van der Waals surface area contributed by atoms with Gasteiger partial charge in [0.1, 0.15) is 0 Å². The van der Waals surface area contributed by atoms with Crippen molar-refractivity contribution in [2.45, 2.75) is 13.3 Å². The van der Waals surface area contributed by atoms with Crippen LogP contribution < -0.4 is 16.0 Å². The lowest BCUT2D eigenvalue weighted by Gasteiger charge is -2.32. The Bertz CT molecular complexity index is 569. The van der Waals surface area contributed by atoms with E-state index in [4.69, 9.17) is 5.73 Å². The normalized spacial score (nSPS) is 18.4. The first-order chi connectivity index (χ1) is 9.60. The summed E-state index contributed by atoms with van der Waals surface area (Å²) in [6.07, 6.45) is 2.92. The lowest BCUT2D eigenvalue weighted by atomic mass is 9.89. The first-order valence-electron chi connectivity index (χ1n) is 6.95. The molecule has 1 atom stereocenters. The fraction of sp³-hybridized carbons (Fsp3) is 0.438. The Hall–Kier alpha value is -1.99. The molecule has 1 aliphatic heterocycles. The summed E-state index contributed by atoms with van der Waals surface area (Å²) in [4.78, 5) is 2.23. The van der Waals surface area contributed by atoms with Gasteiger partial charge in [0.05, 0.1) is 11.6 Å². The van der Waals surface area contributed by atoms with Crippen molar-refractivity contribution in [3.05, 3.63) is 35.0 Å². The second-order valence-corrected chi connectivity index (χ2v) is 5.49. The molecule has 0 spiro atoms. The maximum absolute atomic E-state index is 9.41. The average molecular weight is 270 g/mol. The van der Waals surface area contributed by atoms with Crippen LogP contribution in [0.3, 0.4) is 0 Å². The van der Waals surface area contributed by atoms with Crippen molar-refractivity contribution in [3.8, 4) is 6.07 Å². The fourth-order valence-electron chi connectivity index (χ4n) is 2.94. The lowest BCUT2D eigenvalue weighted by molar-refractivity contribution is 0.551. The Morgan fingerprint density at radius 3 is 2.95 bits per heavy atom. The van der Waals surface area contributed by atoms with Crippen molar-refractivity contribution in [2.75, 3.05) is 32.1 Å². The van der Waals surface area contributed by atoms with Crippen LogP contribution in [0.25, 0.3) is 5.57 Å². The maximum Gasteiger partial charge on any atom is 0.0998 e. The number of nitrogens with one attached hydrogen (secondary N) is 1. The van der Waals surface area contributed by atoms with Crippen LogP contribution in [0.2, 0.25) is 0 Å². The van der Waals surface area contributed by atoms with E-state index in [0.29, 0.717) is 18.0 Å². The molecular weight excluding hydrogens is 248 g/mol. The quantitative estimate of drug-likeness (QED) is 0.877. The highest BCUT2D eigenvalue weighted by atomic mass is 15.1. The highest BCUT2D eigenvalue weighted by Gasteiger charge is 2.21. The van der Waals surface area contributed by atoms with Gasteiger partial charge in [-0.25, -0.2) is 0 Å². The predicted octanol–water partition coefficient (Wildman–Crippen LogP) is 1.71. The van der Waals surface area contributed by atoms with Crippen molar-refractivity contribution in [1.82, 2.24) is 5.32 Å². The minimum absolute atomic E-state index is 0.416. The van der Waals surface area contributed by atoms with Crippen molar-refractivity contribution < 1.29 is 0 Å². The van der Waals surface area contributed by atoms with Gasteiger partial charge in [-0.3, -0.25) is 0 Å². The largest absolute Gasteiger partial charge is 0.394 e. The molecule has 1 aromatic carbocycles. The third kappa shape index (κ3) is 2.63. The SMILES string of the molecule is CN/C=C(\CN)c1cc2c(cc1C#N)N(C)CC(C)C2. The molecule has 2 rings (SSSR count). The van der Waals surface area contributed by atoms with E-state index in [9.17, 15) is 5.26 Å². The fourth-order valence-corrected chi connectivity index (χ4v) is 2.94. The zero-order valence-corrected chi connectivity index (χ0v) is 12.4. The van der Waals surface area contributed by atoms with Gasteiger partial charge in [0.2, 0.25) is 0 Å². The van der Waals surface area contributed by atoms with Gasteiger partial charge in [-0.2, -0.15) is 5.26 Å². The van der Waals surface area contributed by atoms with E-state index in [1.54, 1.807) is 0 Å². The Morgan fingerprint density at radius 2 is 2.35 bits per heavy atom. The van der Waals surface area contributed by atoms with E-state index in [0.717, 1.165) is 24.1 Å². The summed E-state index contributed by atoms with van der Waals surface area (Å²) in [6.45, 7) is 3.71. The van der Waals surface area contributed by atoms with E-state index in [2.05, 4.69) is 36.3 Å². The van der Waals surface area contributed by atoms with Crippen LogP contribution in [-0.4, -0.2) is 27.2 Å². The summed E-state index contributed by atoms with van der Waals surface area (Å²) >= 11 is 0. The van der Waals surface area contributed by atoms with Gasteiger partial charge in [0.25, 0.3) is 0 Å². The molecule has 3 N–H and O–H groups in total. The molecule has 0 saturated heterocycles. The summed E-state index contributed by atoms with van der Waals surface area (Å²) in [5, 5.41) is 12.4. The topological polar surface area (TPSA) is 65.1 Å². The minimum atomic E-state index is 0.416. The number of nitriles is 1. The molecule has 0 fully saturated rings. The lowest BCUT2D eigenvalue weighted by Crippen LogP contribution is -2.31. The van der Waals surface area contributed by atoms with Gasteiger partial charge in [-0.15, -0.1) is 0 Å². The molecule has 0 aromatic heterocycles. The average Bonchev–Trinajstić information content (AvgIpc) is 2.43. The Morgan fingerprint density at radius 1 is 1.60 bits per heavy atom. The number of rotatable bonds is 3. The zero-order chi connectivity index (χ0) is 14.7. The second-order valence-electron chi connectivity index (χ2n) is 5.49. The number of hydrogen-bond acceptors (Lipinski definition) is 4. The number of benzene rings is 1. The number of anilines is 1. The van der Waals surface area contributed by atoms with Gasteiger partial charge in [-0.1, -0.05) is 6.92 Å². The highest BCUT2D eigenvalue weighted by molar-refractivity contribution is 5.76. The molecule has 4 heteroatoms. The van der Waals surface area contributed by atoms with E-state index < -0.39 is 0 Å². The molecule has 106 valence electrons. The summed E-state index contributed by atoms with van der Waals surface area (Å²) < 4.78 is 0. The summed E-state index contributed by atoms with van der Waals surface area (Å²) in [5.41, 5.74) is 10.9. The Labute approximate surface area is 120 Å². The van der Waals surface area contributed by atoms with Crippen molar-refractivity contribution in [2.24, 2.45) is 11.7 Å². The molecule has 4 nitrogen and oxygen atoms in total. The van der Waals surface area contributed by atoms with E-state index in [-0.39, 0.29) is 0 Å². The molecule has 0 aliphatic carbocycles. The second kappa shape index (κ2) is 5.98. The van der Waals surface area contributed by atoms with Crippen LogP contribution >= 0.6 is 0 Å². The molecule has 1 unspecified atom stereocenters. The molecule has 1 aromatic rings. The van der Waals surface area contributed by atoms with Gasteiger partial charge >= 0.3 is 0 Å². The summed E-state index contributed by atoms with van der Waals surface area (Å²) in [7, 11) is 3.93. The van der Waals surface area contributed by atoms with Crippen LogP contribution in [0.1, 0.15) is 23.6 Å². The third-order valence-electron chi connectivity index (χ3n) is 3.79. The van der Waals surface area contributed by atoms with Gasteiger partial charge in [0, 0.05) is 39.1 Å². The number of nitrogens with zero attached hydrogens (tertiary/aromatic N) is 2. The summed E-state index contributed by atoms with van der Waals surface area (Å²) in [6, 6.07) is 6.43. The zero-order valence-electron chi connectivity index (χ0n) is 12.4. The van der Waals surface area contributed by atoms with E-state index >= 15 is 0 Å². The van der Waals surface area contributed by atoms with Crippen LogP contribution in [0.5, 0.6) is 0 Å². The Balaban J connectivity index is 2.57. The first-order valence-corrected chi connectivity index (χ1v) is 6.95. The molecule has 20 heavy (non-hydrogen) atoms. The number of nitrogens with two attached hydrogens (primary N) is 1. The Kier molecular flexibility index (Phi) is 4.31. The first kappa shape index (κ1) is 14.4. The van der Waals surface area contributed by atoms with Crippen molar-refractivity contribution in [3.63, 3.8) is 0 Å². The highest BCUT2D eigenvalue weighted by Crippen LogP contribution is 2.33. The molecule has 0 radical (unpaired) electrons. The third-order valence-corrected chi connectivity index (χ3v) is 3.79. The summed E-state index contributed by atoms with van der Waals surface area (Å²) in [5.74, 6) is 0.628. The van der Waals surface area contributed by atoms with Crippen LogP contribution in [0, 0.1) is 17.2 Å². The van der Waals surface area contributed by atoms with E-state index in [1.807, 2.05) is 19.3 Å². The van der Waals surface area contributed by atoms with Crippen LogP contribution in [0.4, 0.5) is 5.69 Å². The van der Waals surface area contributed by atoms with Crippen LogP contribution in [-0.2, 0) is 6.42 Å². The number of hydrogen-bond donors (Lipinski definition) is 2. The van der Waals surface area contributed by atoms with Gasteiger partial charge in [-0.05, 0) is 41.2 Å². The van der Waals surface area contributed by atoms with Crippen LogP contribution in [0.15, 0.2) is 18.3 Å². The predicted molar refractivity (Wildman–Crippen MR) is 83.4 cm³/mol. The van der Waals surface area contributed by atoms with E-state index in [1.165, 1.54) is 11.3 Å². The minimum Gasteiger partial charge on any atom is -0.394 e. The molecule has 1 heterocycles. The van der Waals surface area contributed by atoms with Gasteiger partial charge < -0.3 is 16.0 Å². The molecule has 0 saturated carbocycles. The van der Waals surface area contributed by atoms with Crippen molar-refractivity contribution >= 4 is 11.3 Å². The molecule has 0 amide bonds. The number of fused-ring (bicyclic) bond motifs is 1. The molecule has 0 bridgehead atoms. The van der Waals surface area contributed by atoms with Gasteiger partial charge in [0.15, 0.2) is 0 Å².